The van der Waals surface area contributed by atoms with Crippen molar-refractivity contribution in [1.29, 1.82) is 0 Å². The molecular formula is C14H14BrNO3S. The highest BCUT2D eigenvalue weighted by Crippen LogP contribution is 2.31. The number of phenols is 1. The van der Waals surface area contributed by atoms with Crippen molar-refractivity contribution < 1.29 is 13.5 Å². The van der Waals surface area contributed by atoms with Crippen LogP contribution >= 0.6 is 15.9 Å². The van der Waals surface area contributed by atoms with Gasteiger partial charge in [-0.3, -0.25) is 4.72 Å². The van der Waals surface area contributed by atoms with Crippen LogP contribution in [0.1, 0.15) is 11.1 Å². The summed E-state index contributed by atoms with van der Waals surface area (Å²) in [6, 6.07) is 9.64. The number of hydrogen-bond donors (Lipinski definition) is 2. The van der Waals surface area contributed by atoms with Gasteiger partial charge in [-0.05, 0) is 59.6 Å². The van der Waals surface area contributed by atoms with Crippen molar-refractivity contribution in [2.45, 2.75) is 18.7 Å². The number of nitrogens with one attached hydrogen (secondary N) is 1. The maximum Gasteiger partial charge on any atom is 0.261 e. The van der Waals surface area contributed by atoms with E-state index in [4.69, 9.17) is 0 Å². The molecule has 0 atom stereocenters. The maximum absolute atomic E-state index is 12.3. The zero-order valence-corrected chi connectivity index (χ0v) is 13.4. The molecule has 4 nitrogen and oxygen atoms in total. The Bertz CT molecular complexity index is 740. The molecule has 0 fully saturated rings. The van der Waals surface area contributed by atoms with Crippen LogP contribution in [0.2, 0.25) is 0 Å². The Balaban J connectivity index is 2.38. The van der Waals surface area contributed by atoms with E-state index in [1.54, 1.807) is 31.2 Å². The number of halogens is 1. The summed E-state index contributed by atoms with van der Waals surface area (Å²) in [4.78, 5) is 0.201. The van der Waals surface area contributed by atoms with Gasteiger partial charge in [-0.2, -0.15) is 0 Å². The third-order valence-corrected chi connectivity index (χ3v) is 4.89. The van der Waals surface area contributed by atoms with E-state index >= 15 is 0 Å². The Morgan fingerprint density at radius 2 is 1.70 bits per heavy atom. The van der Waals surface area contributed by atoms with Gasteiger partial charge in [0.1, 0.15) is 5.75 Å². The fourth-order valence-corrected chi connectivity index (χ4v) is 3.16. The van der Waals surface area contributed by atoms with Crippen LogP contribution in [-0.2, 0) is 10.0 Å². The minimum absolute atomic E-state index is 0.0702. The second-order valence-corrected chi connectivity index (χ2v) is 7.07. The molecule has 106 valence electrons. The zero-order chi connectivity index (χ0) is 14.9. The maximum atomic E-state index is 12.3. The minimum atomic E-state index is -3.63. The van der Waals surface area contributed by atoms with Crippen molar-refractivity contribution in [2.75, 3.05) is 4.72 Å². The van der Waals surface area contributed by atoms with Gasteiger partial charge in [0.25, 0.3) is 10.0 Å². The van der Waals surface area contributed by atoms with Crippen molar-refractivity contribution in [1.82, 2.24) is 0 Å². The molecule has 0 aliphatic carbocycles. The van der Waals surface area contributed by atoms with Gasteiger partial charge in [0, 0.05) is 0 Å². The molecule has 0 unspecified atom stereocenters. The number of sulfonamides is 1. The Labute approximate surface area is 126 Å². The smallest absolute Gasteiger partial charge is 0.261 e. The van der Waals surface area contributed by atoms with Crippen LogP contribution in [0.3, 0.4) is 0 Å². The molecule has 0 radical (unpaired) electrons. The van der Waals surface area contributed by atoms with Gasteiger partial charge in [-0.1, -0.05) is 17.7 Å². The van der Waals surface area contributed by atoms with E-state index in [2.05, 4.69) is 20.7 Å². The van der Waals surface area contributed by atoms with Crippen LogP contribution in [-0.4, -0.2) is 13.5 Å². The SMILES string of the molecule is Cc1ccc(S(=O)(=O)Nc2cc(Br)c(O)cc2C)cc1. The van der Waals surface area contributed by atoms with Gasteiger partial charge in [0.05, 0.1) is 15.1 Å². The normalized spacial score (nSPS) is 11.3. The van der Waals surface area contributed by atoms with Crippen LogP contribution in [0.15, 0.2) is 45.8 Å². The molecule has 0 saturated heterocycles. The summed E-state index contributed by atoms with van der Waals surface area (Å²) in [7, 11) is -3.63. The lowest BCUT2D eigenvalue weighted by molar-refractivity contribution is 0.471. The number of phenolic OH excluding ortho intramolecular Hbond substituents is 1. The fourth-order valence-electron chi connectivity index (χ4n) is 1.70. The molecule has 0 aromatic heterocycles. The van der Waals surface area contributed by atoms with Crippen molar-refractivity contribution in [3.05, 3.63) is 52.0 Å². The first-order valence-corrected chi connectivity index (χ1v) is 8.16. The Morgan fingerprint density at radius 3 is 2.30 bits per heavy atom. The largest absolute Gasteiger partial charge is 0.507 e. The molecule has 0 spiro atoms. The first-order valence-electron chi connectivity index (χ1n) is 5.88. The minimum Gasteiger partial charge on any atom is -0.507 e. The fraction of sp³-hybridized carbons (Fsp3) is 0.143. The molecule has 0 aliphatic rings. The molecule has 2 N–H and O–H groups in total. The standard InChI is InChI=1S/C14H14BrNO3S/c1-9-3-5-11(6-4-9)20(18,19)16-13-8-12(15)14(17)7-10(13)2/h3-8,16-17H,1-2H3. The Kier molecular flexibility index (Phi) is 4.06. The average Bonchev–Trinajstić information content (AvgIpc) is 2.36. The number of rotatable bonds is 3. The van der Waals surface area contributed by atoms with E-state index < -0.39 is 10.0 Å². The first-order chi connectivity index (χ1) is 9.29. The molecule has 0 bridgehead atoms. The predicted octanol–water partition coefficient (Wildman–Crippen LogP) is 3.57. The highest BCUT2D eigenvalue weighted by molar-refractivity contribution is 9.10. The van der Waals surface area contributed by atoms with Crippen LogP contribution < -0.4 is 4.72 Å². The van der Waals surface area contributed by atoms with Crippen LogP contribution in [0.4, 0.5) is 5.69 Å². The van der Waals surface area contributed by atoms with Gasteiger partial charge in [0.15, 0.2) is 0 Å². The lowest BCUT2D eigenvalue weighted by Gasteiger charge is -2.12. The van der Waals surface area contributed by atoms with Gasteiger partial charge >= 0.3 is 0 Å². The molecule has 2 aromatic rings. The van der Waals surface area contributed by atoms with Gasteiger partial charge in [-0.25, -0.2) is 8.42 Å². The first kappa shape index (κ1) is 14.9. The molecule has 0 heterocycles. The van der Waals surface area contributed by atoms with Crippen LogP contribution in [0.5, 0.6) is 5.75 Å². The van der Waals surface area contributed by atoms with Crippen LogP contribution in [0.25, 0.3) is 0 Å². The summed E-state index contributed by atoms with van der Waals surface area (Å²) in [6.45, 7) is 3.62. The number of aromatic hydroxyl groups is 1. The second kappa shape index (κ2) is 5.46. The molecule has 20 heavy (non-hydrogen) atoms. The van der Waals surface area contributed by atoms with Gasteiger partial charge in [0.2, 0.25) is 0 Å². The lowest BCUT2D eigenvalue weighted by Crippen LogP contribution is -2.13. The molecule has 0 saturated carbocycles. The average molecular weight is 356 g/mol. The monoisotopic (exact) mass is 355 g/mol. The van der Waals surface area contributed by atoms with Crippen LogP contribution in [0, 0.1) is 13.8 Å². The summed E-state index contributed by atoms with van der Waals surface area (Å²) in [6.07, 6.45) is 0. The number of benzene rings is 2. The third-order valence-electron chi connectivity index (χ3n) is 2.87. The molecular weight excluding hydrogens is 342 g/mol. The summed E-state index contributed by atoms with van der Waals surface area (Å²) >= 11 is 3.17. The highest BCUT2D eigenvalue weighted by Gasteiger charge is 2.16. The third kappa shape index (κ3) is 3.13. The zero-order valence-electron chi connectivity index (χ0n) is 11.0. The number of aryl methyl sites for hydroxylation is 2. The van der Waals surface area contributed by atoms with E-state index in [0.29, 0.717) is 15.7 Å². The van der Waals surface area contributed by atoms with Crippen molar-refractivity contribution in [3.63, 3.8) is 0 Å². The van der Waals surface area contributed by atoms with E-state index in [0.717, 1.165) is 5.56 Å². The van der Waals surface area contributed by atoms with Crippen molar-refractivity contribution >= 4 is 31.6 Å². The summed E-state index contributed by atoms with van der Waals surface area (Å²) < 4.78 is 27.5. The summed E-state index contributed by atoms with van der Waals surface area (Å²) in [5.41, 5.74) is 2.06. The molecule has 0 amide bonds. The second-order valence-electron chi connectivity index (χ2n) is 4.54. The van der Waals surface area contributed by atoms with Gasteiger partial charge < -0.3 is 5.11 Å². The topological polar surface area (TPSA) is 66.4 Å². The van der Waals surface area contributed by atoms with Crippen molar-refractivity contribution in [3.8, 4) is 5.75 Å². The predicted molar refractivity (Wildman–Crippen MR) is 82.5 cm³/mol. The van der Waals surface area contributed by atoms with E-state index in [1.165, 1.54) is 12.1 Å². The van der Waals surface area contributed by atoms with Crippen molar-refractivity contribution in [2.24, 2.45) is 0 Å². The molecule has 2 rings (SSSR count). The number of anilines is 1. The Hall–Kier alpha value is -1.53. The number of hydrogen-bond acceptors (Lipinski definition) is 3. The molecule has 6 heteroatoms. The molecule has 0 aliphatic heterocycles. The Morgan fingerprint density at radius 1 is 1.10 bits per heavy atom. The quantitative estimate of drug-likeness (QED) is 0.827. The lowest BCUT2D eigenvalue weighted by atomic mass is 10.2. The van der Waals surface area contributed by atoms with E-state index in [-0.39, 0.29) is 10.6 Å². The highest BCUT2D eigenvalue weighted by atomic mass is 79.9. The van der Waals surface area contributed by atoms with E-state index in [1.807, 2.05) is 6.92 Å². The summed E-state index contributed by atoms with van der Waals surface area (Å²) in [5.74, 6) is 0.0702. The summed E-state index contributed by atoms with van der Waals surface area (Å²) in [5, 5.41) is 9.55. The van der Waals surface area contributed by atoms with Gasteiger partial charge in [-0.15, -0.1) is 0 Å². The van der Waals surface area contributed by atoms with E-state index in [9.17, 15) is 13.5 Å². The molecule has 2 aromatic carbocycles.